The standard InChI is InChI=1S/C33H41N5O7/c1-33(2,3)45-32(42)38-18-16-22(17-19-38)10-15-27(35-31(41)44-21-23-8-6-5-7-9-23)28-20-26(29(39)37-36-28)24-11-13-25(14-12-24)34-30(40)43-4/h5-9,11-14,20,22,27H,10,15-19,21H2,1-4H3,(H,34,40)(H,35,41)(H,37,39)/t27-/m0/s1. The Morgan fingerprint density at radius 1 is 1.02 bits per heavy atom. The number of likely N-dealkylation sites (tertiary alicyclic amines) is 1. The largest absolute Gasteiger partial charge is 0.453 e. The number of amides is 3. The summed E-state index contributed by atoms with van der Waals surface area (Å²) in [6.07, 6.45) is 1.40. The number of benzene rings is 2. The second kappa shape index (κ2) is 15.2. The zero-order valence-electron chi connectivity index (χ0n) is 26.1. The third-order valence-corrected chi connectivity index (χ3v) is 7.44. The van der Waals surface area contributed by atoms with Crippen LogP contribution in [0.25, 0.3) is 11.1 Å². The van der Waals surface area contributed by atoms with Gasteiger partial charge in [0.15, 0.2) is 0 Å². The highest BCUT2D eigenvalue weighted by Crippen LogP contribution is 2.28. The molecule has 1 saturated heterocycles. The Morgan fingerprint density at radius 2 is 1.71 bits per heavy atom. The maximum absolute atomic E-state index is 12.9. The molecule has 12 nitrogen and oxygen atoms in total. The second-order valence-electron chi connectivity index (χ2n) is 12.0. The van der Waals surface area contributed by atoms with Gasteiger partial charge in [-0.2, -0.15) is 5.10 Å². The van der Waals surface area contributed by atoms with E-state index in [0.717, 1.165) is 24.8 Å². The first kappa shape index (κ1) is 33.0. The van der Waals surface area contributed by atoms with Crippen molar-refractivity contribution in [1.82, 2.24) is 20.4 Å². The van der Waals surface area contributed by atoms with Gasteiger partial charge >= 0.3 is 18.3 Å². The Hall–Kier alpha value is -4.87. The first-order chi connectivity index (χ1) is 21.5. The Labute approximate surface area is 262 Å². The molecule has 0 bridgehead atoms. The molecule has 0 spiro atoms. The van der Waals surface area contributed by atoms with E-state index in [2.05, 4.69) is 25.6 Å². The summed E-state index contributed by atoms with van der Waals surface area (Å²) in [6.45, 7) is 6.85. The summed E-state index contributed by atoms with van der Waals surface area (Å²) in [7, 11) is 1.27. The molecule has 240 valence electrons. The Balaban J connectivity index is 1.47. The van der Waals surface area contributed by atoms with Gasteiger partial charge in [0.1, 0.15) is 12.2 Å². The quantitative estimate of drug-likeness (QED) is 0.246. The molecular formula is C33H41N5O7. The number of anilines is 1. The van der Waals surface area contributed by atoms with Crippen molar-refractivity contribution < 1.29 is 28.6 Å². The van der Waals surface area contributed by atoms with Gasteiger partial charge in [-0.1, -0.05) is 42.5 Å². The van der Waals surface area contributed by atoms with E-state index >= 15 is 0 Å². The molecule has 2 aromatic carbocycles. The number of hydrogen-bond donors (Lipinski definition) is 3. The Kier molecular flexibility index (Phi) is 11.2. The van der Waals surface area contributed by atoms with Crippen molar-refractivity contribution in [3.63, 3.8) is 0 Å². The van der Waals surface area contributed by atoms with Crippen molar-refractivity contribution in [2.75, 3.05) is 25.5 Å². The Morgan fingerprint density at radius 3 is 2.36 bits per heavy atom. The first-order valence-electron chi connectivity index (χ1n) is 15.0. The number of nitrogens with zero attached hydrogens (tertiary/aromatic N) is 2. The molecule has 1 aliphatic rings. The van der Waals surface area contributed by atoms with Crippen molar-refractivity contribution in [2.24, 2.45) is 5.92 Å². The summed E-state index contributed by atoms with van der Waals surface area (Å²) in [5.41, 5.74) is 1.86. The van der Waals surface area contributed by atoms with Gasteiger partial charge in [-0.25, -0.2) is 19.5 Å². The minimum absolute atomic E-state index is 0.110. The lowest BCUT2D eigenvalue weighted by atomic mass is 9.90. The van der Waals surface area contributed by atoms with Gasteiger partial charge in [0.25, 0.3) is 5.56 Å². The number of alkyl carbamates (subject to hydrolysis) is 1. The SMILES string of the molecule is COC(=O)Nc1ccc(-c2cc([C@H](CCC3CCN(C(=O)OC(C)(C)C)CC3)NC(=O)OCc3ccccc3)n[nH]c2=O)cc1. The average molecular weight is 620 g/mol. The van der Waals surface area contributed by atoms with Gasteiger partial charge in [0, 0.05) is 18.8 Å². The molecule has 3 aromatic rings. The van der Waals surface area contributed by atoms with Crippen LogP contribution in [0.2, 0.25) is 0 Å². The van der Waals surface area contributed by atoms with E-state index in [4.69, 9.17) is 9.47 Å². The van der Waals surface area contributed by atoms with E-state index in [1.165, 1.54) is 7.11 Å². The van der Waals surface area contributed by atoms with Crippen molar-refractivity contribution in [3.8, 4) is 11.1 Å². The fourth-order valence-corrected chi connectivity index (χ4v) is 5.05. The maximum atomic E-state index is 12.9. The van der Waals surface area contributed by atoms with Gasteiger partial charge in [-0.3, -0.25) is 10.1 Å². The molecule has 12 heteroatoms. The normalized spacial score (nSPS) is 14.3. The van der Waals surface area contributed by atoms with Crippen molar-refractivity contribution >= 4 is 24.0 Å². The number of nitrogens with one attached hydrogen (secondary N) is 3. The first-order valence-corrected chi connectivity index (χ1v) is 15.0. The predicted molar refractivity (Wildman–Crippen MR) is 169 cm³/mol. The van der Waals surface area contributed by atoms with Crippen LogP contribution >= 0.6 is 0 Å². The summed E-state index contributed by atoms with van der Waals surface area (Å²) >= 11 is 0. The molecule has 0 aliphatic carbocycles. The number of methoxy groups -OCH3 is 1. The zero-order chi connectivity index (χ0) is 32.4. The van der Waals surface area contributed by atoms with Crippen LogP contribution in [0.15, 0.2) is 65.5 Å². The molecule has 0 unspecified atom stereocenters. The lowest BCUT2D eigenvalue weighted by Gasteiger charge is -2.34. The highest BCUT2D eigenvalue weighted by atomic mass is 16.6. The smallest absolute Gasteiger partial charge is 0.411 e. The molecule has 3 amide bonds. The number of ether oxygens (including phenoxy) is 3. The monoisotopic (exact) mass is 619 g/mol. The molecule has 1 aliphatic heterocycles. The molecule has 0 saturated carbocycles. The number of carbonyl (C=O) groups is 3. The van der Waals surface area contributed by atoms with E-state index < -0.39 is 29.4 Å². The molecule has 4 rings (SSSR count). The van der Waals surface area contributed by atoms with E-state index in [9.17, 15) is 19.2 Å². The maximum Gasteiger partial charge on any atom is 0.411 e. The van der Waals surface area contributed by atoms with Gasteiger partial charge in [0.05, 0.1) is 24.4 Å². The topological polar surface area (TPSA) is 152 Å². The number of carbonyl (C=O) groups excluding carboxylic acids is 3. The number of aromatic amines is 1. The molecular weight excluding hydrogens is 578 g/mol. The van der Waals surface area contributed by atoms with Gasteiger partial charge < -0.3 is 24.4 Å². The Bertz CT molecular complexity index is 1490. The lowest BCUT2D eigenvalue weighted by Crippen LogP contribution is -2.41. The van der Waals surface area contributed by atoms with Crippen molar-refractivity contribution in [2.45, 2.75) is 64.7 Å². The zero-order valence-corrected chi connectivity index (χ0v) is 26.1. The van der Waals surface area contributed by atoms with E-state index in [1.54, 1.807) is 35.2 Å². The minimum atomic E-state index is -0.602. The van der Waals surface area contributed by atoms with Gasteiger partial charge in [0.2, 0.25) is 0 Å². The number of H-pyrrole nitrogens is 1. The van der Waals surface area contributed by atoms with Crippen LogP contribution in [-0.4, -0.2) is 59.2 Å². The van der Waals surface area contributed by atoms with Crippen LogP contribution in [0.4, 0.5) is 20.1 Å². The molecule has 1 fully saturated rings. The van der Waals surface area contributed by atoms with Crippen LogP contribution in [0.5, 0.6) is 0 Å². The van der Waals surface area contributed by atoms with Crippen LogP contribution < -0.4 is 16.2 Å². The molecule has 2 heterocycles. The minimum Gasteiger partial charge on any atom is -0.453 e. The summed E-state index contributed by atoms with van der Waals surface area (Å²) in [5.74, 6) is 0.324. The van der Waals surface area contributed by atoms with E-state index in [1.807, 2.05) is 51.1 Å². The summed E-state index contributed by atoms with van der Waals surface area (Å²) < 4.78 is 15.6. The number of rotatable bonds is 9. The van der Waals surface area contributed by atoms with Gasteiger partial charge in [-0.15, -0.1) is 0 Å². The third-order valence-electron chi connectivity index (χ3n) is 7.44. The highest BCUT2D eigenvalue weighted by Gasteiger charge is 2.28. The van der Waals surface area contributed by atoms with Crippen LogP contribution in [-0.2, 0) is 20.8 Å². The number of aromatic nitrogens is 2. The molecule has 3 N–H and O–H groups in total. The van der Waals surface area contributed by atoms with Crippen molar-refractivity contribution in [3.05, 3.63) is 82.3 Å². The van der Waals surface area contributed by atoms with Crippen LogP contribution in [0, 0.1) is 5.92 Å². The van der Waals surface area contributed by atoms with Gasteiger partial charge in [-0.05, 0) is 81.7 Å². The molecule has 0 radical (unpaired) electrons. The lowest BCUT2D eigenvalue weighted by molar-refractivity contribution is 0.0179. The molecule has 1 aromatic heterocycles. The average Bonchev–Trinajstić information content (AvgIpc) is 3.02. The second-order valence-corrected chi connectivity index (χ2v) is 12.0. The fourth-order valence-electron chi connectivity index (χ4n) is 5.05. The summed E-state index contributed by atoms with van der Waals surface area (Å²) in [4.78, 5) is 51.5. The fraction of sp³-hybridized carbons (Fsp3) is 0.424. The summed E-state index contributed by atoms with van der Waals surface area (Å²) in [5, 5.41) is 12.4. The van der Waals surface area contributed by atoms with Crippen LogP contribution in [0.3, 0.4) is 0 Å². The number of hydrogen-bond acceptors (Lipinski definition) is 8. The van der Waals surface area contributed by atoms with E-state index in [0.29, 0.717) is 47.9 Å². The molecule has 45 heavy (non-hydrogen) atoms. The summed E-state index contributed by atoms with van der Waals surface area (Å²) in [6, 6.07) is 17.2. The van der Waals surface area contributed by atoms with E-state index in [-0.39, 0.29) is 12.7 Å². The highest BCUT2D eigenvalue weighted by molar-refractivity contribution is 5.85. The van der Waals surface area contributed by atoms with Crippen LogP contribution in [0.1, 0.15) is 63.8 Å². The number of piperidine rings is 1. The molecule has 1 atom stereocenters. The third kappa shape index (κ3) is 10.1. The van der Waals surface area contributed by atoms with Crippen molar-refractivity contribution in [1.29, 1.82) is 0 Å². The predicted octanol–water partition coefficient (Wildman–Crippen LogP) is 6.01.